The summed E-state index contributed by atoms with van der Waals surface area (Å²) in [6.07, 6.45) is 0.167. The quantitative estimate of drug-likeness (QED) is 0.376. The maximum Gasteiger partial charge on any atom is 0.287 e. The fourth-order valence-corrected chi connectivity index (χ4v) is 1.44. The van der Waals surface area contributed by atoms with Crippen LogP contribution in [-0.2, 0) is 0 Å². The van der Waals surface area contributed by atoms with Gasteiger partial charge in [0.1, 0.15) is 5.71 Å². The van der Waals surface area contributed by atoms with Crippen molar-refractivity contribution in [3.05, 3.63) is 23.3 Å². The fourth-order valence-electron chi connectivity index (χ4n) is 1.44. The van der Waals surface area contributed by atoms with Gasteiger partial charge in [-0.15, -0.1) is 0 Å². The van der Waals surface area contributed by atoms with Gasteiger partial charge in [-0.2, -0.15) is 8.78 Å². The highest BCUT2D eigenvalue weighted by molar-refractivity contribution is 6.08. The van der Waals surface area contributed by atoms with Crippen LogP contribution in [0.4, 0.5) is 17.6 Å². The van der Waals surface area contributed by atoms with E-state index in [2.05, 4.69) is 4.99 Å². The van der Waals surface area contributed by atoms with Crippen molar-refractivity contribution in [1.82, 2.24) is 0 Å². The number of nitrogens with zero attached hydrogens (tertiary/aromatic N) is 1. The molecule has 0 fully saturated rings. The molecule has 0 bridgehead atoms. The Morgan fingerprint density at radius 2 is 1.78 bits per heavy atom. The standard InChI is InChI=1S/C13H19F4N/c1-5-9(3)10(6-2)12(13(4,16)17)18-8-7-11(14)15/h5-6,11H,7-8H2,1-4H3/b9-5+,10-6-,18-12?. The molecule has 0 heterocycles. The molecule has 5 heteroatoms. The molecular formula is C13H19F4N. The molecule has 0 N–H and O–H groups in total. The molecular weight excluding hydrogens is 246 g/mol. The van der Waals surface area contributed by atoms with Crippen LogP contribution in [0.3, 0.4) is 0 Å². The minimum Gasteiger partial charge on any atom is -0.283 e. The second kappa shape index (κ2) is 7.34. The molecule has 1 nitrogen and oxygen atoms in total. The molecule has 0 atom stereocenters. The summed E-state index contributed by atoms with van der Waals surface area (Å²) in [5.41, 5.74) is 0.523. The zero-order chi connectivity index (χ0) is 14.3. The van der Waals surface area contributed by atoms with Crippen molar-refractivity contribution in [3.8, 4) is 0 Å². The highest BCUT2D eigenvalue weighted by atomic mass is 19.3. The Labute approximate surface area is 105 Å². The van der Waals surface area contributed by atoms with Gasteiger partial charge in [0, 0.05) is 19.9 Å². The summed E-state index contributed by atoms with van der Waals surface area (Å²) in [7, 11) is 0. The number of allylic oxidation sites excluding steroid dienone is 4. The zero-order valence-corrected chi connectivity index (χ0v) is 11.1. The van der Waals surface area contributed by atoms with Gasteiger partial charge < -0.3 is 0 Å². The lowest BCUT2D eigenvalue weighted by Gasteiger charge is -2.18. The van der Waals surface area contributed by atoms with Gasteiger partial charge in [0.25, 0.3) is 5.92 Å². The van der Waals surface area contributed by atoms with Crippen LogP contribution in [0.15, 0.2) is 28.3 Å². The van der Waals surface area contributed by atoms with Crippen molar-refractivity contribution < 1.29 is 17.6 Å². The number of hydrogen-bond donors (Lipinski definition) is 0. The third kappa shape index (κ3) is 5.47. The third-order valence-corrected chi connectivity index (χ3v) is 2.43. The Morgan fingerprint density at radius 3 is 2.11 bits per heavy atom. The predicted octanol–water partition coefficient (Wildman–Crippen LogP) is 4.65. The second-order valence-corrected chi connectivity index (χ2v) is 3.97. The van der Waals surface area contributed by atoms with Crippen LogP contribution in [0.1, 0.15) is 34.1 Å². The number of rotatable bonds is 6. The largest absolute Gasteiger partial charge is 0.287 e. The van der Waals surface area contributed by atoms with Gasteiger partial charge in [-0.1, -0.05) is 12.2 Å². The smallest absolute Gasteiger partial charge is 0.283 e. The molecule has 0 rings (SSSR count). The van der Waals surface area contributed by atoms with E-state index in [-0.39, 0.29) is 6.54 Å². The number of alkyl halides is 4. The highest BCUT2D eigenvalue weighted by Crippen LogP contribution is 2.24. The van der Waals surface area contributed by atoms with E-state index in [1.54, 1.807) is 26.8 Å². The highest BCUT2D eigenvalue weighted by Gasteiger charge is 2.32. The van der Waals surface area contributed by atoms with E-state index in [0.29, 0.717) is 11.1 Å². The van der Waals surface area contributed by atoms with Gasteiger partial charge in [-0.05, 0) is 31.9 Å². The van der Waals surface area contributed by atoms with Crippen molar-refractivity contribution in [2.75, 3.05) is 6.54 Å². The van der Waals surface area contributed by atoms with E-state index in [1.165, 1.54) is 6.08 Å². The van der Waals surface area contributed by atoms with Gasteiger partial charge in [0.05, 0.1) is 0 Å². The molecule has 0 spiro atoms. The lowest BCUT2D eigenvalue weighted by atomic mass is 9.98. The summed E-state index contributed by atoms with van der Waals surface area (Å²) in [5.74, 6) is -3.14. The fraction of sp³-hybridized carbons (Fsp3) is 0.615. The Hall–Kier alpha value is -1.13. The number of hydrogen-bond acceptors (Lipinski definition) is 1. The minimum absolute atomic E-state index is 0.301. The van der Waals surface area contributed by atoms with E-state index >= 15 is 0 Å². The van der Waals surface area contributed by atoms with Crippen LogP contribution in [-0.4, -0.2) is 24.6 Å². The first-order chi connectivity index (χ1) is 8.23. The summed E-state index contributed by atoms with van der Waals surface area (Å²) < 4.78 is 50.9. The molecule has 0 unspecified atom stereocenters. The molecule has 0 saturated carbocycles. The number of aliphatic imine (C=N–C) groups is 1. The van der Waals surface area contributed by atoms with Crippen molar-refractivity contribution >= 4 is 5.71 Å². The topological polar surface area (TPSA) is 12.4 Å². The van der Waals surface area contributed by atoms with E-state index in [1.807, 2.05) is 0 Å². The normalized spacial score (nSPS) is 15.5. The van der Waals surface area contributed by atoms with E-state index in [4.69, 9.17) is 0 Å². The molecule has 18 heavy (non-hydrogen) atoms. The van der Waals surface area contributed by atoms with Crippen LogP contribution in [0.5, 0.6) is 0 Å². The van der Waals surface area contributed by atoms with Crippen LogP contribution in [0.2, 0.25) is 0 Å². The summed E-state index contributed by atoms with van der Waals surface area (Å²) in [6.45, 7) is 5.45. The molecule has 0 aromatic carbocycles. The van der Waals surface area contributed by atoms with Crippen LogP contribution in [0.25, 0.3) is 0 Å². The second-order valence-electron chi connectivity index (χ2n) is 3.97. The molecule has 0 aliphatic carbocycles. The first-order valence-corrected chi connectivity index (χ1v) is 5.74. The van der Waals surface area contributed by atoms with Gasteiger partial charge in [-0.3, -0.25) is 4.99 Å². The van der Waals surface area contributed by atoms with Gasteiger partial charge in [-0.25, -0.2) is 8.78 Å². The van der Waals surface area contributed by atoms with Crippen molar-refractivity contribution in [3.63, 3.8) is 0 Å². The molecule has 0 aromatic rings. The van der Waals surface area contributed by atoms with Crippen LogP contribution < -0.4 is 0 Å². The van der Waals surface area contributed by atoms with Gasteiger partial charge in [0.15, 0.2) is 0 Å². The average Bonchev–Trinajstić information content (AvgIpc) is 2.25. The lowest BCUT2D eigenvalue weighted by Crippen LogP contribution is -2.27. The Morgan fingerprint density at radius 1 is 1.22 bits per heavy atom. The van der Waals surface area contributed by atoms with Crippen LogP contribution >= 0.6 is 0 Å². The third-order valence-electron chi connectivity index (χ3n) is 2.43. The Balaban J connectivity index is 5.25. The van der Waals surface area contributed by atoms with Gasteiger partial charge in [0.2, 0.25) is 6.43 Å². The van der Waals surface area contributed by atoms with Crippen molar-refractivity contribution in [2.24, 2.45) is 4.99 Å². The Bertz CT molecular complexity index is 348. The summed E-state index contributed by atoms with van der Waals surface area (Å²) in [4.78, 5) is 3.65. The molecule has 0 saturated heterocycles. The maximum absolute atomic E-state index is 13.5. The van der Waals surface area contributed by atoms with Gasteiger partial charge >= 0.3 is 0 Å². The Kier molecular flexibility index (Phi) is 6.88. The average molecular weight is 265 g/mol. The molecule has 0 aromatic heterocycles. The molecule has 0 radical (unpaired) electrons. The number of halogens is 4. The van der Waals surface area contributed by atoms with Crippen molar-refractivity contribution in [2.45, 2.75) is 46.5 Å². The molecule has 104 valence electrons. The SMILES string of the molecule is C/C=C(C(=NCCC(F)F)C(C)(F)F)/C(C)=C/C. The summed E-state index contributed by atoms with van der Waals surface area (Å²) in [6, 6.07) is 0. The van der Waals surface area contributed by atoms with E-state index in [9.17, 15) is 17.6 Å². The lowest BCUT2D eigenvalue weighted by molar-refractivity contribution is 0.1000. The van der Waals surface area contributed by atoms with E-state index < -0.39 is 24.5 Å². The first-order valence-electron chi connectivity index (χ1n) is 5.74. The monoisotopic (exact) mass is 265 g/mol. The molecule has 0 aliphatic rings. The summed E-state index contributed by atoms with van der Waals surface area (Å²) in [5, 5.41) is 0. The van der Waals surface area contributed by atoms with E-state index in [0.717, 1.165) is 6.92 Å². The minimum atomic E-state index is -3.14. The molecule has 0 aliphatic heterocycles. The van der Waals surface area contributed by atoms with Crippen LogP contribution in [0, 0.1) is 0 Å². The first kappa shape index (κ1) is 16.9. The zero-order valence-electron chi connectivity index (χ0n) is 11.1. The van der Waals surface area contributed by atoms with Crippen molar-refractivity contribution in [1.29, 1.82) is 0 Å². The maximum atomic E-state index is 13.5. The predicted molar refractivity (Wildman–Crippen MR) is 66.7 cm³/mol. The molecule has 0 amide bonds. The summed E-state index contributed by atoms with van der Waals surface area (Å²) >= 11 is 0.